The molecule has 0 radical (unpaired) electrons. The summed E-state index contributed by atoms with van der Waals surface area (Å²) in [4.78, 5) is 0. The predicted molar refractivity (Wildman–Crippen MR) is 87.6 cm³/mol. The van der Waals surface area contributed by atoms with Gasteiger partial charge in [0.25, 0.3) is 0 Å². The summed E-state index contributed by atoms with van der Waals surface area (Å²) in [6.45, 7) is 5.92. The fourth-order valence-corrected chi connectivity index (χ4v) is 3.12. The minimum absolute atomic E-state index is 0.0935. The van der Waals surface area contributed by atoms with Gasteiger partial charge in [0, 0.05) is 0 Å². The standard InChI is InChI=1S/C19H21ClO/c1-13(2)9-14-3-5-15(6-4-14)19(20)16-7-8-17-11-21-12-18(17)10-16/h3-8,10,13,19H,9,11-12H2,1-2H3. The van der Waals surface area contributed by atoms with Crippen molar-refractivity contribution in [2.24, 2.45) is 5.92 Å². The Hall–Kier alpha value is -1.31. The fraction of sp³-hybridized carbons (Fsp3) is 0.368. The molecule has 0 aromatic heterocycles. The van der Waals surface area contributed by atoms with Crippen LogP contribution in [0.15, 0.2) is 42.5 Å². The molecule has 0 spiro atoms. The molecule has 0 saturated carbocycles. The third-order valence-corrected chi connectivity index (χ3v) is 4.46. The Morgan fingerprint density at radius 1 is 0.952 bits per heavy atom. The molecular formula is C19H21ClO. The van der Waals surface area contributed by atoms with Crippen LogP contribution in [0.3, 0.4) is 0 Å². The quantitative estimate of drug-likeness (QED) is 0.701. The molecule has 3 rings (SSSR count). The molecule has 0 fully saturated rings. The van der Waals surface area contributed by atoms with Gasteiger partial charge in [0.15, 0.2) is 0 Å². The van der Waals surface area contributed by atoms with E-state index in [1.807, 2.05) is 0 Å². The monoisotopic (exact) mass is 300 g/mol. The molecule has 0 bridgehead atoms. The second kappa shape index (κ2) is 6.21. The average molecular weight is 301 g/mol. The van der Waals surface area contributed by atoms with Gasteiger partial charge in [-0.25, -0.2) is 0 Å². The third-order valence-electron chi connectivity index (χ3n) is 3.95. The van der Waals surface area contributed by atoms with Crippen LogP contribution in [0.1, 0.15) is 47.0 Å². The molecule has 1 heterocycles. The lowest BCUT2D eigenvalue weighted by molar-refractivity contribution is 0.134. The normalized spacial score (nSPS) is 15.2. The van der Waals surface area contributed by atoms with Gasteiger partial charge in [-0.1, -0.05) is 56.3 Å². The zero-order valence-electron chi connectivity index (χ0n) is 12.6. The number of hydrogen-bond acceptors (Lipinski definition) is 1. The van der Waals surface area contributed by atoms with E-state index in [4.69, 9.17) is 16.3 Å². The summed E-state index contributed by atoms with van der Waals surface area (Å²) in [5.74, 6) is 0.680. The van der Waals surface area contributed by atoms with Crippen LogP contribution in [-0.2, 0) is 24.4 Å². The highest BCUT2D eigenvalue weighted by Crippen LogP contribution is 2.32. The summed E-state index contributed by atoms with van der Waals surface area (Å²) in [7, 11) is 0. The lowest BCUT2D eigenvalue weighted by atomic mass is 9.97. The first-order chi connectivity index (χ1) is 10.1. The number of benzene rings is 2. The number of alkyl halides is 1. The van der Waals surface area contributed by atoms with Gasteiger partial charge < -0.3 is 4.74 Å². The average Bonchev–Trinajstić information content (AvgIpc) is 2.94. The Kier molecular flexibility index (Phi) is 4.32. The maximum absolute atomic E-state index is 6.65. The van der Waals surface area contributed by atoms with Gasteiger partial charge in [-0.15, -0.1) is 11.6 Å². The minimum atomic E-state index is -0.0935. The lowest BCUT2D eigenvalue weighted by Gasteiger charge is -2.13. The van der Waals surface area contributed by atoms with E-state index in [0.29, 0.717) is 12.5 Å². The summed E-state index contributed by atoms with van der Waals surface area (Å²) in [5.41, 5.74) is 6.24. The molecule has 21 heavy (non-hydrogen) atoms. The van der Waals surface area contributed by atoms with Gasteiger partial charge in [0.05, 0.1) is 18.6 Å². The number of ether oxygens (including phenoxy) is 1. The Balaban J connectivity index is 1.79. The highest BCUT2D eigenvalue weighted by atomic mass is 35.5. The van der Waals surface area contributed by atoms with E-state index in [1.165, 1.54) is 16.7 Å². The maximum Gasteiger partial charge on any atom is 0.0835 e. The molecular weight excluding hydrogens is 280 g/mol. The lowest BCUT2D eigenvalue weighted by Crippen LogP contribution is -1.97. The molecule has 1 aliphatic heterocycles. The first-order valence-corrected chi connectivity index (χ1v) is 7.99. The Morgan fingerprint density at radius 2 is 1.62 bits per heavy atom. The largest absolute Gasteiger partial charge is 0.372 e. The van der Waals surface area contributed by atoms with Crippen LogP contribution in [0.25, 0.3) is 0 Å². The highest BCUT2D eigenvalue weighted by Gasteiger charge is 2.16. The molecule has 0 amide bonds. The summed E-state index contributed by atoms with van der Waals surface area (Å²) in [5, 5.41) is -0.0935. The number of fused-ring (bicyclic) bond motifs is 1. The van der Waals surface area contributed by atoms with E-state index in [0.717, 1.165) is 24.2 Å². The summed E-state index contributed by atoms with van der Waals surface area (Å²) in [6.07, 6.45) is 1.11. The van der Waals surface area contributed by atoms with Crippen LogP contribution in [0.2, 0.25) is 0 Å². The van der Waals surface area contributed by atoms with Crippen LogP contribution >= 0.6 is 11.6 Å². The van der Waals surface area contributed by atoms with Crippen LogP contribution in [0, 0.1) is 5.92 Å². The topological polar surface area (TPSA) is 9.23 Å². The maximum atomic E-state index is 6.65. The molecule has 1 nitrogen and oxygen atoms in total. The van der Waals surface area contributed by atoms with Crippen molar-refractivity contribution in [3.8, 4) is 0 Å². The first-order valence-electron chi connectivity index (χ1n) is 7.56. The zero-order chi connectivity index (χ0) is 14.8. The van der Waals surface area contributed by atoms with Gasteiger partial charge >= 0.3 is 0 Å². The van der Waals surface area contributed by atoms with E-state index in [-0.39, 0.29) is 5.38 Å². The van der Waals surface area contributed by atoms with Crippen molar-refractivity contribution in [1.29, 1.82) is 0 Å². The molecule has 0 N–H and O–H groups in total. The van der Waals surface area contributed by atoms with Crippen molar-refractivity contribution in [3.05, 3.63) is 70.3 Å². The van der Waals surface area contributed by atoms with E-state index in [1.54, 1.807) is 0 Å². The number of rotatable bonds is 4. The van der Waals surface area contributed by atoms with E-state index < -0.39 is 0 Å². The number of halogens is 1. The van der Waals surface area contributed by atoms with E-state index >= 15 is 0 Å². The first kappa shape index (κ1) is 14.6. The van der Waals surface area contributed by atoms with Crippen molar-refractivity contribution in [3.63, 3.8) is 0 Å². The molecule has 1 unspecified atom stereocenters. The highest BCUT2D eigenvalue weighted by molar-refractivity contribution is 6.22. The third kappa shape index (κ3) is 3.30. The van der Waals surface area contributed by atoms with Gasteiger partial charge in [0.2, 0.25) is 0 Å². The predicted octanol–water partition coefficient (Wildman–Crippen LogP) is 5.24. The van der Waals surface area contributed by atoms with Gasteiger partial charge in [-0.05, 0) is 40.2 Å². The fourth-order valence-electron chi connectivity index (χ4n) is 2.84. The second-order valence-corrected chi connectivity index (χ2v) is 6.66. The molecule has 0 aliphatic carbocycles. The van der Waals surface area contributed by atoms with Crippen LogP contribution in [0.4, 0.5) is 0 Å². The Morgan fingerprint density at radius 3 is 2.33 bits per heavy atom. The Labute approximate surface area is 131 Å². The van der Waals surface area contributed by atoms with Crippen LogP contribution < -0.4 is 0 Å². The van der Waals surface area contributed by atoms with Gasteiger partial charge in [-0.3, -0.25) is 0 Å². The number of hydrogen-bond donors (Lipinski definition) is 0. The van der Waals surface area contributed by atoms with Crippen molar-refractivity contribution in [2.45, 2.75) is 38.9 Å². The molecule has 2 heteroatoms. The molecule has 1 atom stereocenters. The summed E-state index contributed by atoms with van der Waals surface area (Å²) >= 11 is 6.65. The molecule has 0 saturated heterocycles. The van der Waals surface area contributed by atoms with Crippen LogP contribution in [0.5, 0.6) is 0 Å². The van der Waals surface area contributed by atoms with Crippen molar-refractivity contribution < 1.29 is 4.74 Å². The van der Waals surface area contributed by atoms with Gasteiger partial charge in [0.1, 0.15) is 0 Å². The second-order valence-electron chi connectivity index (χ2n) is 6.22. The van der Waals surface area contributed by atoms with Crippen LogP contribution in [-0.4, -0.2) is 0 Å². The summed E-state index contributed by atoms with van der Waals surface area (Å²) in [6, 6.07) is 15.1. The molecule has 1 aliphatic rings. The smallest absolute Gasteiger partial charge is 0.0835 e. The molecule has 2 aromatic rings. The van der Waals surface area contributed by atoms with Crippen molar-refractivity contribution >= 4 is 11.6 Å². The van der Waals surface area contributed by atoms with E-state index in [9.17, 15) is 0 Å². The summed E-state index contributed by atoms with van der Waals surface area (Å²) < 4.78 is 5.46. The van der Waals surface area contributed by atoms with E-state index in [2.05, 4.69) is 56.3 Å². The van der Waals surface area contributed by atoms with Crippen molar-refractivity contribution in [1.82, 2.24) is 0 Å². The zero-order valence-corrected chi connectivity index (χ0v) is 13.4. The molecule has 110 valence electrons. The van der Waals surface area contributed by atoms with Gasteiger partial charge in [-0.2, -0.15) is 0 Å². The van der Waals surface area contributed by atoms with Crippen molar-refractivity contribution in [2.75, 3.05) is 0 Å². The minimum Gasteiger partial charge on any atom is -0.372 e. The Bertz CT molecular complexity index is 616. The molecule has 2 aromatic carbocycles. The SMILES string of the molecule is CC(C)Cc1ccc(C(Cl)c2ccc3c(c2)COC3)cc1.